The molecule has 4 aromatic rings. The smallest absolute Gasteiger partial charge is 0.416 e. The van der Waals surface area contributed by atoms with Crippen LogP contribution in [0, 0.1) is 18.8 Å². The number of ether oxygens (including phenoxy) is 2. The van der Waals surface area contributed by atoms with E-state index in [1.807, 2.05) is 15.9 Å². The number of hydrogen-bond acceptors (Lipinski definition) is 11. The highest BCUT2D eigenvalue weighted by Gasteiger charge is 2.34. The summed E-state index contributed by atoms with van der Waals surface area (Å²) < 4.78 is 53.1. The average Bonchev–Trinajstić information content (AvgIpc) is 3.34. The average molecular weight is 989 g/mol. The van der Waals surface area contributed by atoms with Gasteiger partial charge in [0.1, 0.15) is 17.4 Å². The largest absolute Gasteiger partial charge is 0.496 e. The molecule has 16 nitrogen and oxygen atoms in total. The lowest BCUT2D eigenvalue weighted by molar-refractivity contribution is -0.138. The summed E-state index contributed by atoms with van der Waals surface area (Å²) in [7, 11) is 1.57. The predicted octanol–water partition coefficient (Wildman–Crippen LogP) is 7.83. The molecule has 20 heteroatoms. The maximum atomic E-state index is 13.8. The summed E-state index contributed by atoms with van der Waals surface area (Å²) in [6, 6.07) is 10.0. The Morgan fingerprint density at radius 3 is 2.36 bits per heavy atom. The molecule has 8 rings (SSSR count). The van der Waals surface area contributed by atoms with Gasteiger partial charge in [-0.3, -0.25) is 29.5 Å². The Balaban J connectivity index is 0.796. The van der Waals surface area contributed by atoms with Gasteiger partial charge < -0.3 is 29.7 Å². The number of aryl methyl sites for hydroxylation is 1. The van der Waals surface area contributed by atoms with Crippen LogP contribution in [0.25, 0.3) is 16.5 Å². The molecule has 70 heavy (non-hydrogen) atoms. The highest BCUT2D eigenvalue weighted by molar-refractivity contribution is 6.34. The number of nitrogens with zero attached hydrogens (tertiary/aromatic N) is 6. The molecule has 0 bridgehead atoms. The lowest BCUT2D eigenvalue weighted by Crippen LogP contribution is -2.51. The number of likely N-dealkylation sites (tertiary alicyclic amines) is 1. The van der Waals surface area contributed by atoms with Crippen LogP contribution in [0.2, 0.25) is 5.02 Å². The number of carbonyl (C=O) groups excluding carboxylic acids is 4. The third-order valence-electron chi connectivity index (χ3n) is 13.6. The molecule has 2 atom stereocenters. The number of methoxy groups -OCH3 is 1. The quantitative estimate of drug-likeness (QED) is 0.104. The Labute approximate surface area is 408 Å². The fraction of sp³-hybridized carbons (Fsp3) is 0.460. The lowest BCUT2D eigenvalue weighted by atomic mass is 9.85. The highest BCUT2D eigenvalue weighted by Crippen LogP contribution is 2.40. The molecule has 3 saturated heterocycles. The van der Waals surface area contributed by atoms with Crippen molar-refractivity contribution in [1.82, 2.24) is 30.0 Å². The number of imide groups is 1. The van der Waals surface area contributed by atoms with Gasteiger partial charge in [0, 0.05) is 93.9 Å². The van der Waals surface area contributed by atoms with Gasteiger partial charge in [-0.05, 0) is 105 Å². The first-order valence-corrected chi connectivity index (χ1v) is 23.9. The first-order chi connectivity index (χ1) is 33.4. The minimum Gasteiger partial charge on any atom is -0.496 e. The number of aromatic nitrogens is 2. The zero-order valence-electron chi connectivity index (χ0n) is 39.2. The number of alkyl halides is 3. The molecule has 1 aliphatic carbocycles. The van der Waals surface area contributed by atoms with Crippen molar-refractivity contribution in [3.05, 3.63) is 93.3 Å². The molecular formula is C50H56ClF3N8O8. The van der Waals surface area contributed by atoms with Crippen LogP contribution in [0.3, 0.4) is 0 Å². The summed E-state index contributed by atoms with van der Waals surface area (Å²) in [5.41, 5.74) is 1.77. The van der Waals surface area contributed by atoms with Crippen molar-refractivity contribution in [2.75, 3.05) is 82.9 Å². The number of aromatic carboxylic acids is 1. The standard InChI is InChI=1S/C50H56ClF3N8O8/c1-29(35-22-36(48(66)67)24-37(23-35)50(52,53)54)55-45-39-26-38(43(69-3)27-41(39)56-30(2)57-45)32-4-6-33(7-5-32)46(64)61-18-16-59(17-19-61)20-21-70-28-31-10-13-60(14-11-31)47(65)34-8-9-40(51)42(25-34)62-15-12-44(63)58-49(62)68/h4,8-9,22-27,29,31,33H,5-7,10-21,28H2,1-3H3,(H,66,67)(H,55,56,57)(H,58,63,68)/t29-,33?/m1/s1. The van der Waals surface area contributed by atoms with E-state index in [9.17, 15) is 42.3 Å². The van der Waals surface area contributed by atoms with Crippen LogP contribution in [0.1, 0.15) is 94.7 Å². The molecule has 3 fully saturated rings. The molecule has 3 aromatic carbocycles. The Hall–Kier alpha value is -6.31. The number of benzene rings is 3. The second kappa shape index (κ2) is 21.4. The Bertz CT molecular complexity index is 2700. The van der Waals surface area contributed by atoms with Crippen molar-refractivity contribution in [3.8, 4) is 5.75 Å². The number of piperazine rings is 1. The number of amides is 5. The second-order valence-electron chi connectivity index (χ2n) is 18.3. The van der Waals surface area contributed by atoms with E-state index in [0.717, 1.165) is 49.7 Å². The van der Waals surface area contributed by atoms with Crippen LogP contribution in [-0.2, 0) is 20.5 Å². The first kappa shape index (κ1) is 50.1. The molecule has 4 aliphatic rings. The zero-order valence-corrected chi connectivity index (χ0v) is 40.0. The van der Waals surface area contributed by atoms with E-state index in [-0.39, 0.29) is 42.2 Å². The van der Waals surface area contributed by atoms with Crippen LogP contribution in [0.4, 0.5) is 29.5 Å². The van der Waals surface area contributed by atoms with Crippen molar-refractivity contribution in [2.24, 2.45) is 11.8 Å². The third kappa shape index (κ3) is 11.5. The molecule has 0 saturated carbocycles. The zero-order chi connectivity index (χ0) is 49.9. The van der Waals surface area contributed by atoms with Gasteiger partial charge in [-0.25, -0.2) is 19.6 Å². The van der Waals surface area contributed by atoms with Gasteiger partial charge in [0.15, 0.2) is 0 Å². The van der Waals surface area contributed by atoms with Crippen molar-refractivity contribution >= 4 is 69.3 Å². The van der Waals surface area contributed by atoms with Crippen molar-refractivity contribution < 1.29 is 51.7 Å². The number of piperidine rings is 1. The molecule has 1 aromatic heterocycles. The summed E-state index contributed by atoms with van der Waals surface area (Å²) in [5, 5.41) is 16.0. The van der Waals surface area contributed by atoms with Gasteiger partial charge in [-0.1, -0.05) is 17.7 Å². The maximum absolute atomic E-state index is 13.8. The number of anilines is 2. The number of urea groups is 1. The van der Waals surface area contributed by atoms with Gasteiger partial charge in [-0.2, -0.15) is 13.2 Å². The van der Waals surface area contributed by atoms with Crippen molar-refractivity contribution in [1.29, 1.82) is 0 Å². The molecule has 0 radical (unpaired) electrons. The van der Waals surface area contributed by atoms with E-state index in [0.29, 0.717) is 115 Å². The molecule has 3 aliphatic heterocycles. The number of hydrogen-bond donors (Lipinski definition) is 3. The Morgan fingerprint density at radius 2 is 1.69 bits per heavy atom. The topological polar surface area (TPSA) is 187 Å². The van der Waals surface area contributed by atoms with Crippen molar-refractivity contribution in [3.63, 3.8) is 0 Å². The predicted molar refractivity (Wildman–Crippen MR) is 256 cm³/mol. The van der Waals surface area contributed by atoms with Gasteiger partial charge in [-0.15, -0.1) is 0 Å². The van der Waals surface area contributed by atoms with Crippen molar-refractivity contribution in [2.45, 2.75) is 64.6 Å². The molecule has 5 amide bonds. The molecule has 4 heterocycles. The number of carbonyl (C=O) groups is 5. The van der Waals surface area contributed by atoms with Gasteiger partial charge in [0.25, 0.3) is 5.91 Å². The normalized spacial score (nSPS) is 18.9. The van der Waals surface area contributed by atoms with Gasteiger partial charge in [0.05, 0.1) is 47.1 Å². The van der Waals surface area contributed by atoms with Crippen LogP contribution in [0.5, 0.6) is 5.75 Å². The highest BCUT2D eigenvalue weighted by atomic mass is 35.5. The third-order valence-corrected chi connectivity index (χ3v) is 14.0. The second-order valence-corrected chi connectivity index (χ2v) is 18.7. The van der Waals surface area contributed by atoms with Crippen LogP contribution in [-0.4, -0.2) is 132 Å². The first-order valence-electron chi connectivity index (χ1n) is 23.5. The molecule has 1 unspecified atom stereocenters. The monoisotopic (exact) mass is 988 g/mol. The maximum Gasteiger partial charge on any atom is 0.416 e. The number of rotatable bonds is 14. The SMILES string of the molecule is COc1cc2nc(C)nc(N[C@H](C)c3cc(C(=O)O)cc(C(F)(F)F)c3)c2cc1C1=CCC(C(=O)N2CCN(CCOCC3CCN(C(=O)c4ccc(Cl)c(N5CCC(=O)NC5=O)c4)CC3)CC2)CC1. The van der Waals surface area contributed by atoms with E-state index in [1.54, 1.807) is 45.2 Å². The Morgan fingerprint density at radius 1 is 0.929 bits per heavy atom. The molecule has 3 N–H and O–H groups in total. The molecule has 372 valence electrons. The number of halogens is 4. The fourth-order valence-electron chi connectivity index (χ4n) is 9.61. The van der Waals surface area contributed by atoms with Crippen LogP contribution < -0.4 is 20.3 Å². The summed E-state index contributed by atoms with van der Waals surface area (Å²) >= 11 is 6.38. The van der Waals surface area contributed by atoms with Gasteiger partial charge >= 0.3 is 18.2 Å². The Kier molecular flexibility index (Phi) is 15.3. The molecule has 0 spiro atoms. The number of fused-ring (bicyclic) bond motifs is 1. The lowest BCUT2D eigenvalue weighted by Gasteiger charge is -2.37. The summed E-state index contributed by atoms with van der Waals surface area (Å²) in [4.78, 5) is 79.6. The fourth-order valence-corrected chi connectivity index (χ4v) is 9.83. The minimum atomic E-state index is -4.74. The van der Waals surface area contributed by atoms with E-state index < -0.39 is 35.3 Å². The summed E-state index contributed by atoms with van der Waals surface area (Å²) in [6.45, 7) is 9.36. The van der Waals surface area contributed by atoms with E-state index >= 15 is 0 Å². The number of allylic oxidation sites excluding steroid dienone is 2. The summed E-state index contributed by atoms with van der Waals surface area (Å²) in [6.07, 6.45) is 0.909. The number of nitrogens with one attached hydrogen (secondary N) is 2. The van der Waals surface area contributed by atoms with E-state index in [1.165, 1.54) is 11.0 Å². The summed E-state index contributed by atoms with van der Waals surface area (Å²) in [5.74, 6) is -0.294. The minimum absolute atomic E-state index is 0.130. The van der Waals surface area contributed by atoms with E-state index in [2.05, 4.69) is 31.6 Å². The number of carboxylic acid groups (broad SMARTS) is 1. The number of carboxylic acids is 1. The van der Waals surface area contributed by atoms with E-state index in [4.69, 9.17) is 21.1 Å². The molecular weight excluding hydrogens is 933 g/mol. The van der Waals surface area contributed by atoms with Crippen LogP contribution >= 0.6 is 11.6 Å². The van der Waals surface area contributed by atoms with Crippen LogP contribution in [0.15, 0.2) is 54.6 Å². The van der Waals surface area contributed by atoms with Gasteiger partial charge in [0.2, 0.25) is 11.8 Å².